The average Bonchev–Trinajstić information content (AvgIpc) is 3.00. The van der Waals surface area contributed by atoms with Crippen molar-refractivity contribution in [2.75, 3.05) is 6.54 Å². The molecule has 1 saturated heterocycles. The standard InChI is InChI=1S/C18H19FN2O2/c19-17(14-4-2-1-3-5-14)23-15-8-6-13(7-9-15)12-21-16-10-11-20-18(16)22/h1-9,16-17,21H,10-12H2,(H,20,22)/t16-,17?/m0/s1. The number of ether oxygens (including phenoxy) is 1. The van der Waals surface area contributed by atoms with Crippen molar-refractivity contribution < 1.29 is 13.9 Å². The Morgan fingerprint density at radius 1 is 1.17 bits per heavy atom. The molecule has 1 amide bonds. The van der Waals surface area contributed by atoms with E-state index < -0.39 is 6.36 Å². The quantitative estimate of drug-likeness (QED) is 0.862. The zero-order valence-corrected chi connectivity index (χ0v) is 12.7. The smallest absolute Gasteiger partial charge is 0.264 e. The minimum atomic E-state index is -1.48. The largest absolute Gasteiger partial charge is 0.456 e. The van der Waals surface area contributed by atoms with Crippen LogP contribution in [0, 0.1) is 0 Å². The van der Waals surface area contributed by atoms with Gasteiger partial charge < -0.3 is 15.4 Å². The van der Waals surface area contributed by atoms with Crippen molar-refractivity contribution in [3.63, 3.8) is 0 Å². The lowest BCUT2D eigenvalue weighted by molar-refractivity contribution is -0.120. The molecule has 1 fully saturated rings. The first-order valence-corrected chi connectivity index (χ1v) is 7.68. The predicted octanol–water partition coefficient (Wildman–Crippen LogP) is 2.71. The number of carbonyl (C=O) groups is 1. The Kier molecular flexibility index (Phi) is 4.88. The lowest BCUT2D eigenvalue weighted by atomic mass is 10.2. The van der Waals surface area contributed by atoms with E-state index in [1.807, 2.05) is 18.2 Å². The van der Waals surface area contributed by atoms with Crippen molar-refractivity contribution in [2.45, 2.75) is 25.4 Å². The van der Waals surface area contributed by atoms with E-state index in [4.69, 9.17) is 4.74 Å². The predicted molar refractivity (Wildman–Crippen MR) is 85.6 cm³/mol. The SMILES string of the molecule is O=C1NCC[C@@H]1NCc1ccc(OC(F)c2ccccc2)cc1. The van der Waals surface area contributed by atoms with Gasteiger partial charge >= 0.3 is 0 Å². The highest BCUT2D eigenvalue weighted by Crippen LogP contribution is 2.23. The molecule has 0 bridgehead atoms. The average molecular weight is 314 g/mol. The zero-order valence-electron chi connectivity index (χ0n) is 12.7. The first kappa shape index (κ1) is 15.5. The molecule has 1 unspecified atom stereocenters. The van der Waals surface area contributed by atoms with Crippen molar-refractivity contribution in [3.8, 4) is 5.75 Å². The number of nitrogens with one attached hydrogen (secondary N) is 2. The first-order valence-electron chi connectivity index (χ1n) is 7.68. The molecular formula is C18H19FN2O2. The molecule has 2 N–H and O–H groups in total. The third-order valence-corrected chi connectivity index (χ3v) is 3.83. The van der Waals surface area contributed by atoms with Crippen molar-refractivity contribution >= 4 is 5.91 Å². The summed E-state index contributed by atoms with van der Waals surface area (Å²) in [6.07, 6.45) is -0.678. The number of carbonyl (C=O) groups excluding carboxylic acids is 1. The molecule has 23 heavy (non-hydrogen) atoms. The van der Waals surface area contributed by atoms with Gasteiger partial charge in [0.2, 0.25) is 5.91 Å². The second-order valence-corrected chi connectivity index (χ2v) is 5.50. The third kappa shape index (κ3) is 4.07. The summed E-state index contributed by atoms with van der Waals surface area (Å²) < 4.78 is 19.3. The fraction of sp³-hybridized carbons (Fsp3) is 0.278. The van der Waals surface area contributed by atoms with E-state index in [0.717, 1.165) is 18.5 Å². The Hall–Kier alpha value is -2.40. The van der Waals surface area contributed by atoms with Crippen LogP contribution < -0.4 is 15.4 Å². The molecule has 0 aromatic heterocycles. The van der Waals surface area contributed by atoms with Gasteiger partial charge in [-0.15, -0.1) is 0 Å². The van der Waals surface area contributed by atoms with E-state index in [0.29, 0.717) is 17.9 Å². The molecular weight excluding hydrogens is 295 g/mol. The van der Waals surface area contributed by atoms with Crippen LogP contribution in [0.25, 0.3) is 0 Å². The number of halogens is 1. The molecule has 2 aromatic carbocycles. The molecule has 120 valence electrons. The number of amides is 1. The number of hydrogen-bond donors (Lipinski definition) is 2. The summed E-state index contributed by atoms with van der Waals surface area (Å²) in [5.74, 6) is 0.525. The molecule has 1 heterocycles. The molecule has 4 nitrogen and oxygen atoms in total. The van der Waals surface area contributed by atoms with E-state index >= 15 is 0 Å². The minimum absolute atomic E-state index is 0.0492. The van der Waals surface area contributed by atoms with Crippen LogP contribution in [0.4, 0.5) is 4.39 Å². The lowest BCUT2D eigenvalue weighted by Crippen LogP contribution is -2.35. The van der Waals surface area contributed by atoms with Crippen LogP contribution in [0.2, 0.25) is 0 Å². The van der Waals surface area contributed by atoms with Gasteiger partial charge in [-0.3, -0.25) is 4.79 Å². The van der Waals surface area contributed by atoms with Gasteiger partial charge in [0.1, 0.15) is 5.75 Å². The molecule has 0 radical (unpaired) electrons. The fourth-order valence-electron chi connectivity index (χ4n) is 2.51. The van der Waals surface area contributed by atoms with Gasteiger partial charge in [0.15, 0.2) is 0 Å². The van der Waals surface area contributed by atoms with E-state index in [9.17, 15) is 9.18 Å². The highest BCUT2D eigenvalue weighted by Gasteiger charge is 2.22. The van der Waals surface area contributed by atoms with E-state index in [-0.39, 0.29) is 11.9 Å². The van der Waals surface area contributed by atoms with Crippen molar-refractivity contribution in [1.82, 2.24) is 10.6 Å². The zero-order chi connectivity index (χ0) is 16.1. The summed E-state index contributed by atoms with van der Waals surface area (Å²) in [6, 6.07) is 15.9. The number of rotatable bonds is 6. The topological polar surface area (TPSA) is 50.4 Å². The van der Waals surface area contributed by atoms with Crippen LogP contribution in [0.15, 0.2) is 54.6 Å². The van der Waals surface area contributed by atoms with Crippen LogP contribution in [0.5, 0.6) is 5.75 Å². The van der Waals surface area contributed by atoms with Crippen LogP contribution in [-0.2, 0) is 11.3 Å². The lowest BCUT2D eigenvalue weighted by Gasteiger charge is -2.13. The van der Waals surface area contributed by atoms with Gasteiger partial charge in [-0.25, -0.2) is 0 Å². The summed E-state index contributed by atoms with van der Waals surface area (Å²) in [6.45, 7) is 1.32. The van der Waals surface area contributed by atoms with E-state index in [1.165, 1.54) is 0 Å². The summed E-state index contributed by atoms with van der Waals surface area (Å²) in [5.41, 5.74) is 1.51. The maximum absolute atomic E-state index is 14.0. The van der Waals surface area contributed by atoms with E-state index in [2.05, 4.69) is 10.6 Å². The molecule has 0 saturated carbocycles. The van der Waals surface area contributed by atoms with E-state index in [1.54, 1.807) is 36.4 Å². The number of benzene rings is 2. The van der Waals surface area contributed by atoms with Crippen LogP contribution in [0.1, 0.15) is 23.9 Å². The maximum atomic E-state index is 14.0. The minimum Gasteiger partial charge on any atom is -0.456 e. The normalized spacial score (nSPS) is 18.5. The third-order valence-electron chi connectivity index (χ3n) is 3.83. The highest BCUT2D eigenvalue weighted by atomic mass is 19.1. The molecule has 2 aromatic rings. The molecule has 0 spiro atoms. The summed E-state index contributed by atoms with van der Waals surface area (Å²) in [4.78, 5) is 11.5. The monoisotopic (exact) mass is 314 g/mol. The van der Waals surface area contributed by atoms with Gasteiger partial charge in [0.25, 0.3) is 6.36 Å². The molecule has 1 aliphatic heterocycles. The van der Waals surface area contributed by atoms with Crippen LogP contribution >= 0.6 is 0 Å². The summed E-state index contributed by atoms with van der Waals surface area (Å²) in [7, 11) is 0. The molecule has 1 aliphatic rings. The van der Waals surface area contributed by atoms with Gasteiger partial charge in [-0.1, -0.05) is 42.5 Å². The second kappa shape index (κ2) is 7.24. The fourth-order valence-corrected chi connectivity index (χ4v) is 2.51. The molecule has 3 rings (SSSR count). The van der Waals surface area contributed by atoms with Crippen LogP contribution in [0.3, 0.4) is 0 Å². The van der Waals surface area contributed by atoms with Gasteiger partial charge in [-0.2, -0.15) is 4.39 Å². The Balaban J connectivity index is 1.53. The van der Waals surface area contributed by atoms with Gasteiger partial charge in [0.05, 0.1) is 6.04 Å². The second-order valence-electron chi connectivity index (χ2n) is 5.50. The molecule has 5 heteroatoms. The first-order chi connectivity index (χ1) is 11.2. The van der Waals surface area contributed by atoms with Crippen molar-refractivity contribution in [3.05, 3.63) is 65.7 Å². The Labute approximate surface area is 134 Å². The molecule has 2 atom stereocenters. The van der Waals surface area contributed by atoms with Crippen molar-refractivity contribution in [2.24, 2.45) is 0 Å². The number of hydrogen-bond acceptors (Lipinski definition) is 3. The Morgan fingerprint density at radius 2 is 1.91 bits per heavy atom. The molecule has 0 aliphatic carbocycles. The Morgan fingerprint density at radius 3 is 2.57 bits per heavy atom. The van der Waals surface area contributed by atoms with Crippen molar-refractivity contribution in [1.29, 1.82) is 0 Å². The summed E-state index contributed by atoms with van der Waals surface area (Å²) >= 11 is 0. The van der Waals surface area contributed by atoms with Gasteiger partial charge in [0, 0.05) is 18.7 Å². The highest BCUT2D eigenvalue weighted by molar-refractivity contribution is 5.83. The Bertz CT molecular complexity index is 646. The maximum Gasteiger partial charge on any atom is 0.264 e. The summed E-state index contributed by atoms with van der Waals surface area (Å²) in [5, 5.41) is 6.00. The van der Waals surface area contributed by atoms with Crippen LogP contribution in [-0.4, -0.2) is 18.5 Å². The van der Waals surface area contributed by atoms with Gasteiger partial charge in [-0.05, 0) is 24.1 Å². The number of alkyl halides is 1.